The second-order valence-corrected chi connectivity index (χ2v) is 13.9. The average molecular weight is 701 g/mol. The van der Waals surface area contributed by atoms with Crippen molar-refractivity contribution in [1.29, 1.82) is 0 Å². The van der Waals surface area contributed by atoms with Crippen molar-refractivity contribution in [1.82, 2.24) is 10.2 Å². The molecule has 1 atom stereocenters. The van der Waals surface area contributed by atoms with Crippen LogP contribution < -0.4 is 9.62 Å². The Balaban J connectivity index is 1.85. The van der Waals surface area contributed by atoms with E-state index in [0.717, 1.165) is 22.7 Å². The van der Waals surface area contributed by atoms with Crippen molar-refractivity contribution in [2.24, 2.45) is 0 Å². The SMILES string of the molecule is CCCCNC(=O)C(Cc1ccccc1)N(Cc1c(Cl)cccc1Cl)C(=O)CN(c1cc(Cl)ccc1C)S(=O)(=O)c1ccccc1. The molecule has 4 aromatic rings. The largest absolute Gasteiger partial charge is 0.354 e. The van der Waals surface area contributed by atoms with Crippen molar-refractivity contribution in [2.45, 2.75) is 50.6 Å². The number of halogens is 3. The summed E-state index contributed by atoms with van der Waals surface area (Å²) in [5.41, 5.74) is 2.10. The van der Waals surface area contributed by atoms with Gasteiger partial charge < -0.3 is 10.2 Å². The number of carbonyl (C=O) groups is 2. The van der Waals surface area contributed by atoms with Gasteiger partial charge in [-0.1, -0.05) is 109 Å². The molecule has 1 N–H and O–H groups in total. The zero-order valence-corrected chi connectivity index (χ0v) is 28.7. The van der Waals surface area contributed by atoms with Gasteiger partial charge in [-0.05, 0) is 60.9 Å². The van der Waals surface area contributed by atoms with Crippen LogP contribution in [-0.2, 0) is 32.6 Å². The second kappa shape index (κ2) is 16.3. The summed E-state index contributed by atoms with van der Waals surface area (Å²) in [6.07, 6.45) is 1.80. The molecule has 0 saturated carbocycles. The summed E-state index contributed by atoms with van der Waals surface area (Å²) < 4.78 is 29.4. The van der Waals surface area contributed by atoms with Crippen molar-refractivity contribution in [3.8, 4) is 0 Å². The molecular weight excluding hydrogens is 665 g/mol. The monoisotopic (exact) mass is 699 g/mol. The number of unbranched alkanes of at least 4 members (excludes halogenated alkanes) is 1. The fourth-order valence-corrected chi connectivity index (χ4v) is 7.17. The van der Waals surface area contributed by atoms with Crippen molar-refractivity contribution in [3.63, 3.8) is 0 Å². The lowest BCUT2D eigenvalue weighted by Gasteiger charge is -2.34. The molecule has 7 nitrogen and oxygen atoms in total. The maximum atomic E-state index is 14.6. The third kappa shape index (κ3) is 8.82. The summed E-state index contributed by atoms with van der Waals surface area (Å²) in [6.45, 7) is 3.43. The van der Waals surface area contributed by atoms with Gasteiger partial charge in [-0.15, -0.1) is 0 Å². The number of sulfonamides is 1. The van der Waals surface area contributed by atoms with Gasteiger partial charge in [0.1, 0.15) is 12.6 Å². The number of anilines is 1. The second-order valence-electron chi connectivity index (χ2n) is 10.8. The van der Waals surface area contributed by atoms with Crippen LogP contribution in [0.3, 0.4) is 0 Å². The van der Waals surface area contributed by atoms with E-state index in [4.69, 9.17) is 34.8 Å². The van der Waals surface area contributed by atoms with E-state index in [-0.39, 0.29) is 29.5 Å². The molecule has 0 aliphatic rings. The third-order valence-electron chi connectivity index (χ3n) is 7.54. The summed E-state index contributed by atoms with van der Waals surface area (Å²) in [7, 11) is -4.26. The number of amides is 2. The Kier molecular flexibility index (Phi) is 12.5. The minimum absolute atomic E-state index is 0.000943. The van der Waals surface area contributed by atoms with E-state index in [0.29, 0.717) is 32.7 Å². The summed E-state index contributed by atoms with van der Waals surface area (Å²) in [4.78, 5) is 29.9. The molecule has 0 radical (unpaired) electrons. The molecule has 0 heterocycles. The molecule has 1 unspecified atom stereocenters. The maximum absolute atomic E-state index is 14.6. The highest BCUT2D eigenvalue weighted by Gasteiger charge is 2.35. The quantitative estimate of drug-likeness (QED) is 0.137. The van der Waals surface area contributed by atoms with Crippen molar-refractivity contribution in [2.75, 3.05) is 17.4 Å². The standard InChI is InChI=1S/C35H36Cl3N3O4S/c1-3-4-20-39-35(43)33(21-26-12-7-5-8-13-26)40(23-29-30(37)16-11-17-31(29)38)34(42)24-41(32-22-27(36)19-18-25(32)2)46(44,45)28-14-9-6-10-15-28/h5-19,22,33H,3-4,20-21,23-24H2,1-2H3,(H,39,43). The Morgan fingerprint density at radius 2 is 1.48 bits per heavy atom. The van der Waals surface area contributed by atoms with Crippen molar-refractivity contribution >= 4 is 62.3 Å². The normalized spacial score (nSPS) is 11.9. The molecule has 0 bridgehead atoms. The van der Waals surface area contributed by atoms with Gasteiger partial charge in [0.15, 0.2) is 0 Å². The lowest BCUT2D eigenvalue weighted by Crippen LogP contribution is -2.53. The molecule has 0 fully saturated rings. The van der Waals surface area contributed by atoms with Gasteiger partial charge in [0.25, 0.3) is 10.0 Å². The number of nitrogens with one attached hydrogen (secondary N) is 1. The van der Waals surface area contributed by atoms with Crippen LogP contribution in [0.15, 0.2) is 102 Å². The first-order chi connectivity index (χ1) is 22.0. The van der Waals surface area contributed by atoms with Gasteiger partial charge >= 0.3 is 0 Å². The minimum Gasteiger partial charge on any atom is -0.354 e. The van der Waals surface area contributed by atoms with Gasteiger partial charge in [0.05, 0.1) is 10.6 Å². The molecule has 2 amide bonds. The average Bonchev–Trinajstić information content (AvgIpc) is 3.04. The zero-order chi connectivity index (χ0) is 33.3. The summed E-state index contributed by atoms with van der Waals surface area (Å²) in [6, 6.07) is 26.0. The van der Waals surface area contributed by atoms with Gasteiger partial charge in [-0.2, -0.15) is 0 Å². The summed E-state index contributed by atoms with van der Waals surface area (Å²) >= 11 is 19.5. The Morgan fingerprint density at radius 3 is 2.11 bits per heavy atom. The van der Waals surface area contributed by atoms with Crippen LogP contribution in [-0.4, -0.2) is 44.3 Å². The van der Waals surface area contributed by atoms with Crippen LogP contribution in [0.2, 0.25) is 15.1 Å². The first-order valence-electron chi connectivity index (χ1n) is 14.9. The lowest BCUT2D eigenvalue weighted by molar-refractivity contribution is -0.140. The van der Waals surface area contributed by atoms with Crippen LogP contribution >= 0.6 is 34.8 Å². The van der Waals surface area contributed by atoms with E-state index < -0.39 is 28.5 Å². The first-order valence-corrected chi connectivity index (χ1v) is 17.5. The Bertz CT molecular complexity index is 1740. The molecule has 4 rings (SSSR count). The minimum atomic E-state index is -4.26. The first kappa shape index (κ1) is 35.3. The summed E-state index contributed by atoms with van der Waals surface area (Å²) in [5, 5.41) is 3.90. The highest BCUT2D eigenvalue weighted by atomic mass is 35.5. The molecule has 242 valence electrons. The van der Waals surface area contributed by atoms with Crippen LogP contribution in [0, 0.1) is 6.92 Å². The fraction of sp³-hybridized carbons (Fsp3) is 0.257. The van der Waals surface area contributed by atoms with Gasteiger partial charge in [-0.3, -0.25) is 13.9 Å². The number of nitrogens with zero attached hydrogens (tertiary/aromatic N) is 2. The van der Waals surface area contributed by atoms with Crippen LogP contribution in [0.4, 0.5) is 5.69 Å². The number of rotatable bonds is 14. The Morgan fingerprint density at radius 1 is 0.848 bits per heavy atom. The molecule has 0 saturated heterocycles. The van der Waals surface area contributed by atoms with E-state index in [1.54, 1.807) is 55.5 Å². The van der Waals surface area contributed by atoms with E-state index in [2.05, 4.69) is 5.32 Å². The predicted molar refractivity (Wildman–Crippen MR) is 186 cm³/mol. The van der Waals surface area contributed by atoms with Gasteiger partial charge in [0.2, 0.25) is 11.8 Å². The van der Waals surface area contributed by atoms with E-state index >= 15 is 0 Å². The third-order valence-corrected chi connectivity index (χ3v) is 10.3. The Labute approximate surface area is 286 Å². The molecule has 46 heavy (non-hydrogen) atoms. The van der Waals surface area contributed by atoms with Gasteiger partial charge in [0, 0.05) is 40.1 Å². The lowest BCUT2D eigenvalue weighted by atomic mass is 10.0. The molecule has 4 aromatic carbocycles. The molecule has 11 heteroatoms. The zero-order valence-electron chi connectivity index (χ0n) is 25.6. The summed E-state index contributed by atoms with van der Waals surface area (Å²) in [5.74, 6) is -0.994. The van der Waals surface area contributed by atoms with Crippen molar-refractivity contribution in [3.05, 3.63) is 129 Å². The molecule has 0 aromatic heterocycles. The highest BCUT2D eigenvalue weighted by molar-refractivity contribution is 7.92. The fourth-order valence-electron chi connectivity index (χ4n) is 5.00. The van der Waals surface area contributed by atoms with E-state index in [1.807, 2.05) is 37.3 Å². The molecular formula is C35H36Cl3N3O4S. The number of carbonyl (C=O) groups excluding carboxylic acids is 2. The highest BCUT2D eigenvalue weighted by Crippen LogP contribution is 2.31. The molecule has 0 aliphatic carbocycles. The number of aryl methyl sites for hydroxylation is 1. The molecule has 0 spiro atoms. The van der Waals surface area contributed by atoms with E-state index in [1.165, 1.54) is 23.1 Å². The number of hydrogen-bond acceptors (Lipinski definition) is 4. The number of hydrogen-bond donors (Lipinski definition) is 1. The van der Waals surface area contributed by atoms with E-state index in [9.17, 15) is 18.0 Å². The molecule has 0 aliphatic heterocycles. The smallest absolute Gasteiger partial charge is 0.264 e. The maximum Gasteiger partial charge on any atom is 0.264 e. The van der Waals surface area contributed by atoms with Crippen LogP contribution in [0.5, 0.6) is 0 Å². The van der Waals surface area contributed by atoms with Crippen LogP contribution in [0.1, 0.15) is 36.5 Å². The predicted octanol–water partition coefficient (Wildman–Crippen LogP) is 7.71. The van der Waals surface area contributed by atoms with Crippen molar-refractivity contribution < 1.29 is 18.0 Å². The van der Waals surface area contributed by atoms with Gasteiger partial charge in [-0.25, -0.2) is 8.42 Å². The number of benzene rings is 4. The van der Waals surface area contributed by atoms with Crippen LogP contribution in [0.25, 0.3) is 0 Å². The Hall–Kier alpha value is -3.56. The topological polar surface area (TPSA) is 86.8 Å².